The molecule has 0 aliphatic carbocycles. The summed E-state index contributed by atoms with van der Waals surface area (Å²) in [5.41, 5.74) is 1.28. The summed E-state index contributed by atoms with van der Waals surface area (Å²) in [6, 6.07) is 6.92. The molecule has 2 nitrogen and oxygen atoms in total. The largest absolute Gasteiger partial charge is 0.375 e. The molecule has 118 valence electrons. The van der Waals surface area contributed by atoms with Gasteiger partial charge in [-0.25, -0.2) is 4.39 Å². The van der Waals surface area contributed by atoms with Gasteiger partial charge in [0.15, 0.2) is 0 Å². The molecule has 1 aliphatic rings. The van der Waals surface area contributed by atoms with Gasteiger partial charge < -0.3 is 10.1 Å². The lowest BCUT2D eigenvalue weighted by Gasteiger charge is -2.27. The minimum atomic E-state index is -0.174. The van der Waals surface area contributed by atoms with E-state index >= 15 is 0 Å². The van der Waals surface area contributed by atoms with Gasteiger partial charge in [-0.05, 0) is 70.6 Å². The van der Waals surface area contributed by atoms with Gasteiger partial charge in [0.2, 0.25) is 0 Å². The number of benzene rings is 1. The summed E-state index contributed by atoms with van der Waals surface area (Å²) >= 11 is 0. The van der Waals surface area contributed by atoms with Crippen LogP contribution in [0.3, 0.4) is 0 Å². The molecule has 0 radical (unpaired) electrons. The number of nitrogens with one attached hydrogen (secondary N) is 1. The van der Waals surface area contributed by atoms with Gasteiger partial charge in [0, 0.05) is 12.1 Å². The van der Waals surface area contributed by atoms with Crippen LogP contribution in [0.1, 0.15) is 58.4 Å². The molecule has 3 unspecified atom stereocenters. The van der Waals surface area contributed by atoms with E-state index in [2.05, 4.69) is 33.0 Å². The fraction of sp³-hybridized carbons (Fsp3) is 0.667. The predicted octanol–water partition coefficient (Wildman–Crippen LogP) is 4.26. The molecule has 1 aromatic carbocycles. The zero-order valence-electron chi connectivity index (χ0n) is 13.7. The second-order valence-corrected chi connectivity index (χ2v) is 7.26. The lowest BCUT2D eigenvalue weighted by molar-refractivity contribution is 0.0462. The van der Waals surface area contributed by atoms with Crippen molar-refractivity contribution in [2.75, 3.05) is 6.54 Å². The lowest BCUT2D eigenvalue weighted by Crippen LogP contribution is -2.39. The molecule has 1 heterocycles. The third-order valence-electron chi connectivity index (χ3n) is 4.09. The maximum Gasteiger partial charge on any atom is 0.123 e. The number of halogens is 1. The minimum absolute atomic E-state index is 0.0854. The zero-order chi connectivity index (χ0) is 15.5. The molecular formula is C18H28FNO. The molecule has 2 rings (SSSR count). The number of hydrogen-bond donors (Lipinski definition) is 1. The Morgan fingerprint density at radius 3 is 2.43 bits per heavy atom. The van der Waals surface area contributed by atoms with Crippen molar-refractivity contribution in [3.8, 4) is 0 Å². The van der Waals surface area contributed by atoms with E-state index in [1.165, 1.54) is 5.56 Å². The molecule has 0 aromatic heterocycles. The van der Waals surface area contributed by atoms with E-state index in [9.17, 15) is 4.39 Å². The van der Waals surface area contributed by atoms with Crippen LogP contribution in [0.15, 0.2) is 24.3 Å². The molecule has 1 fully saturated rings. The lowest BCUT2D eigenvalue weighted by atomic mass is 9.91. The van der Waals surface area contributed by atoms with Crippen LogP contribution in [-0.4, -0.2) is 24.3 Å². The standard InChI is InChI=1S/C18H28FNO/c1-13-5-10-17(21-13)11-15(12-20-18(2,3)4)14-6-8-16(19)9-7-14/h6-9,13,15,17,20H,5,10-12H2,1-4H3. The van der Waals surface area contributed by atoms with E-state index in [0.717, 1.165) is 25.8 Å². The van der Waals surface area contributed by atoms with Crippen LogP contribution in [0.25, 0.3) is 0 Å². The Labute approximate surface area is 128 Å². The Morgan fingerprint density at radius 2 is 1.90 bits per heavy atom. The number of hydrogen-bond acceptors (Lipinski definition) is 2. The SMILES string of the molecule is CC1CCC(CC(CNC(C)(C)C)c2ccc(F)cc2)O1. The summed E-state index contributed by atoms with van der Waals surface area (Å²) < 4.78 is 19.1. The van der Waals surface area contributed by atoms with Crippen molar-refractivity contribution < 1.29 is 9.13 Å². The van der Waals surface area contributed by atoms with E-state index in [-0.39, 0.29) is 11.4 Å². The average molecular weight is 293 g/mol. The topological polar surface area (TPSA) is 21.3 Å². The van der Waals surface area contributed by atoms with Gasteiger partial charge in [-0.2, -0.15) is 0 Å². The Bertz CT molecular complexity index is 438. The molecule has 21 heavy (non-hydrogen) atoms. The second-order valence-electron chi connectivity index (χ2n) is 7.26. The van der Waals surface area contributed by atoms with E-state index in [0.29, 0.717) is 18.1 Å². The Morgan fingerprint density at radius 1 is 1.24 bits per heavy atom. The summed E-state index contributed by atoms with van der Waals surface area (Å²) in [6.07, 6.45) is 3.98. The molecule has 0 bridgehead atoms. The Balaban J connectivity index is 2.04. The summed E-state index contributed by atoms with van der Waals surface area (Å²) in [5, 5.41) is 3.57. The van der Waals surface area contributed by atoms with Gasteiger partial charge in [-0.15, -0.1) is 0 Å². The van der Waals surface area contributed by atoms with Crippen molar-refractivity contribution in [1.29, 1.82) is 0 Å². The van der Waals surface area contributed by atoms with Crippen LogP contribution in [0.5, 0.6) is 0 Å². The third kappa shape index (κ3) is 5.40. The molecule has 3 atom stereocenters. The van der Waals surface area contributed by atoms with Crippen LogP contribution in [-0.2, 0) is 4.74 Å². The molecule has 1 saturated heterocycles. The molecule has 3 heteroatoms. The van der Waals surface area contributed by atoms with Gasteiger partial charge >= 0.3 is 0 Å². The summed E-state index contributed by atoms with van der Waals surface area (Å²) in [6.45, 7) is 9.54. The summed E-state index contributed by atoms with van der Waals surface area (Å²) in [7, 11) is 0. The first kappa shape index (κ1) is 16.4. The van der Waals surface area contributed by atoms with Gasteiger partial charge in [0.25, 0.3) is 0 Å². The first-order valence-electron chi connectivity index (χ1n) is 7.99. The fourth-order valence-corrected chi connectivity index (χ4v) is 2.88. The number of ether oxygens (including phenoxy) is 1. The maximum absolute atomic E-state index is 13.1. The van der Waals surface area contributed by atoms with Crippen LogP contribution in [0, 0.1) is 5.82 Å². The monoisotopic (exact) mass is 293 g/mol. The highest BCUT2D eigenvalue weighted by Gasteiger charge is 2.26. The van der Waals surface area contributed by atoms with E-state index < -0.39 is 0 Å². The fourth-order valence-electron chi connectivity index (χ4n) is 2.88. The first-order chi connectivity index (χ1) is 9.83. The maximum atomic E-state index is 13.1. The van der Waals surface area contributed by atoms with Crippen molar-refractivity contribution in [2.45, 2.75) is 70.6 Å². The Hall–Kier alpha value is -0.930. The quantitative estimate of drug-likeness (QED) is 0.876. The van der Waals surface area contributed by atoms with E-state index in [4.69, 9.17) is 4.74 Å². The van der Waals surface area contributed by atoms with Crippen molar-refractivity contribution in [3.05, 3.63) is 35.6 Å². The van der Waals surface area contributed by atoms with Crippen LogP contribution < -0.4 is 5.32 Å². The van der Waals surface area contributed by atoms with Crippen LogP contribution in [0.2, 0.25) is 0 Å². The van der Waals surface area contributed by atoms with Gasteiger partial charge in [0.1, 0.15) is 5.82 Å². The third-order valence-corrected chi connectivity index (χ3v) is 4.09. The number of rotatable bonds is 5. The minimum Gasteiger partial charge on any atom is -0.375 e. The van der Waals surface area contributed by atoms with Crippen LogP contribution >= 0.6 is 0 Å². The summed E-state index contributed by atoms with van der Waals surface area (Å²) in [4.78, 5) is 0. The highest BCUT2D eigenvalue weighted by Crippen LogP contribution is 2.29. The smallest absolute Gasteiger partial charge is 0.123 e. The predicted molar refractivity (Wildman–Crippen MR) is 85.1 cm³/mol. The highest BCUT2D eigenvalue weighted by atomic mass is 19.1. The molecular weight excluding hydrogens is 265 g/mol. The second kappa shape index (κ2) is 6.89. The molecule has 0 amide bonds. The molecule has 0 spiro atoms. The average Bonchev–Trinajstić information content (AvgIpc) is 2.80. The first-order valence-corrected chi connectivity index (χ1v) is 7.99. The highest BCUT2D eigenvalue weighted by molar-refractivity contribution is 5.21. The van der Waals surface area contributed by atoms with Crippen molar-refractivity contribution >= 4 is 0 Å². The molecule has 0 saturated carbocycles. The Kier molecular flexibility index (Phi) is 5.39. The normalized spacial score (nSPS) is 24.2. The van der Waals surface area contributed by atoms with Crippen molar-refractivity contribution in [1.82, 2.24) is 5.32 Å². The van der Waals surface area contributed by atoms with Gasteiger partial charge in [-0.3, -0.25) is 0 Å². The van der Waals surface area contributed by atoms with E-state index in [1.807, 2.05) is 12.1 Å². The molecule has 1 aromatic rings. The van der Waals surface area contributed by atoms with Crippen molar-refractivity contribution in [2.24, 2.45) is 0 Å². The van der Waals surface area contributed by atoms with Crippen molar-refractivity contribution in [3.63, 3.8) is 0 Å². The summed E-state index contributed by atoms with van der Waals surface area (Å²) in [5.74, 6) is 0.187. The van der Waals surface area contributed by atoms with Gasteiger partial charge in [0.05, 0.1) is 12.2 Å². The van der Waals surface area contributed by atoms with Gasteiger partial charge in [-0.1, -0.05) is 12.1 Å². The zero-order valence-corrected chi connectivity index (χ0v) is 13.7. The molecule has 1 aliphatic heterocycles. The van der Waals surface area contributed by atoms with Crippen LogP contribution in [0.4, 0.5) is 4.39 Å². The van der Waals surface area contributed by atoms with E-state index in [1.54, 1.807) is 12.1 Å². The molecule has 1 N–H and O–H groups in total.